The smallest absolute Gasteiger partial charge is 0.0733 e. The lowest BCUT2D eigenvalue weighted by Gasteiger charge is -2.19. The standard InChI is InChI=1S/C12H17ClN2O/c1-8-2-3-12(16-8)11(14)6-9-4-5-15-7-10(9)13/h4-5,7-8,11-12H,2-3,6,14H2,1H3. The quantitative estimate of drug-likeness (QED) is 0.881. The number of rotatable bonds is 3. The molecular formula is C12H17ClN2O. The van der Waals surface area contributed by atoms with Gasteiger partial charge >= 0.3 is 0 Å². The molecule has 1 saturated heterocycles. The molecule has 1 aliphatic heterocycles. The monoisotopic (exact) mass is 240 g/mol. The highest BCUT2D eigenvalue weighted by Crippen LogP contribution is 2.24. The minimum absolute atomic E-state index is 0.0184. The van der Waals surface area contributed by atoms with Crippen molar-refractivity contribution in [1.29, 1.82) is 0 Å². The van der Waals surface area contributed by atoms with E-state index in [2.05, 4.69) is 11.9 Å². The SMILES string of the molecule is CC1CCC(C(N)Cc2ccncc2Cl)O1. The summed E-state index contributed by atoms with van der Waals surface area (Å²) in [6, 6.07) is 1.94. The highest BCUT2D eigenvalue weighted by molar-refractivity contribution is 6.31. The van der Waals surface area contributed by atoms with E-state index in [0.717, 1.165) is 24.8 Å². The number of pyridine rings is 1. The molecule has 0 bridgehead atoms. The molecule has 0 saturated carbocycles. The summed E-state index contributed by atoms with van der Waals surface area (Å²) in [6.07, 6.45) is 6.79. The van der Waals surface area contributed by atoms with Crippen LogP contribution in [0.3, 0.4) is 0 Å². The molecule has 4 heteroatoms. The fourth-order valence-electron chi connectivity index (χ4n) is 2.10. The lowest BCUT2D eigenvalue weighted by atomic mass is 10.0. The van der Waals surface area contributed by atoms with E-state index in [1.165, 1.54) is 0 Å². The van der Waals surface area contributed by atoms with Crippen LogP contribution in [0.25, 0.3) is 0 Å². The number of halogens is 1. The molecule has 1 aromatic rings. The summed E-state index contributed by atoms with van der Waals surface area (Å²) in [6.45, 7) is 2.09. The molecular weight excluding hydrogens is 224 g/mol. The van der Waals surface area contributed by atoms with E-state index >= 15 is 0 Å². The first-order valence-corrected chi connectivity index (χ1v) is 6.04. The van der Waals surface area contributed by atoms with Crippen LogP contribution < -0.4 is 5.73 Å². The van der Waals surface area contributed by atoms with Gasteiger partial charge < -0.3 is 10.5 Å². The molecule has 1 fully saturated rings. The summed E-state index contributed by atoms with van der Waals surface area (Å²) in [5.74, 6) is 0. The molecule has 16 heavy (non-hydrogen) atoms. The van der Waals surface area contributed by atoms with Crippen LogP contribution in [0.4, 0.5) is 0 Å². The van der Waals surface area contributed by atoms with Gasteiger partial charge in [0.1, 0.15) is 0 Å². The average Bonchev–Trinajstić information content (AvgIpc) is 2.68. The lowest BCUT2D eigenvalue weighted by Crippen LogP contribution is -2.36. The summed E-state index contributed by atoms with van der Waals surface area (Å²) in [7, 11) is 0. The number of nitrogens with two attached hydrogens (primary N) is 1. The van der Waals surface area contributed by atoms with E-state index < -0.39 is 0 Å². The predicted octanol–water partition coefficient (Wildman–Crippen LogP) is 2.17. The van der Waals surface area contributed by atoms with E-state index in [9.17, 15) is 0 Å². The van der Waals surface area contributed by atoms with Crippen molar-refractivity contribution in [3.63, 3.8) is 0 Å². The maximum atomic E-state index is 6.14. The van der Waals surface area contributed by atoms with Crippen molar-refractivity contribution in [3.05, 3.63) is 29.0 Å². The molecule has 3 nitrogen and oxygen atoms in total. The average molecular weight is 241 g/mol. The molecule has 0 aliphatic carbocycles. The summed E-state index contributed by atoms with van der Waals surface area (Å²) in [4.78, 5) is 3.96. The molecule has 0 radical (unpaired) electrons. The summed E-state index contributed by atoms with van der Waals surface area (Å²) >= 11 is 6.04. The molecule has 0 amide bonds. The molecule has 88 valence electrons. The molecule has 2 N–H and O–H groups in total. The zero-order chi connectivity index (χ0) is 11.5. The van der Waals surface area contributed by atoms with Crippen LogP contribution >= 0.6 is 11.6 Å². The molecule has 2 heterocycles. The van der Waals surface area contributed by atoms with Crippen LogP contribution in [0.15, 0.2) is 18.5 Å². The molecule has 1 aromatic heterocycles. The summed E-state index contributed by atoms with van der Waals surface area (Å²) < 4.78 is 5.75. The molecule has 3 unspecified atom stereocenters. The van der Waals surface area contributed by atoms with Gasteiger partial charge in [0.05, 0.1) is 17.2 Å². The lowest BCUT2D eigenvalue weighted by molar-refractivity contribution is 0.0404. The number of hydrogen-bond acceptors (Lipinski definition) is 3. The Morgan fingerprint density at radius 1 is 1.62 bits per heavy atom. The second kappa shape index (κ2) is 5.13. The van der Waals surface area contributed by atoms with Crippen molar-refractivity contribution in [1.82, 2.24) is 4.98 Å². The molecule has 0 aromatic carbocycles. The predicted molar refractivity (Wildman–Crippen MR) is 64.5 cm³/mol. The van der Waals surface area contributed by atoms with Gasteiger partial charge in [-0.1, -0.05) is 11.6 Å². The van der Waals surface area contributed by atoms with Crippen molar-refractivity contribution >= 4 is 11.6 Å². The van der Waals surface area contributed by atoms with E-state index in [-0.39, 0.29) is 12.1 Å². The highest BCUT2D eigenvalue weighted by Gasteiger charge is 2.27. The third kappa shape index (κ3) is 2.73. The Morgan fingerprint density at radius 3 is 3.06 bits per heavy atom. The number of hydrogen-bond donors (Lipinski definition) is 1. The molecule has 2 rings (SSSR count). The van der Waals surface area contributed by atoms with Gasteiger partial charge in [-0.3, -0.25) is 4.98 Å². The molecule has 0 spiro atoms. The van der Waals surface area contributed by atoms with Crippen molar-refractivity contribution < 1.29 is 4.74 Å². The number of ether oxygens (including phenoxy) is 1. The first kappa shape index (κ1) is 11.8. The second-order valence-electron chi connectivity index (χ2n) is 4.40. The zero-order valence-corrected chi connectivity index (χ0v) is 10.2. The Hall–Kier alpha value is -0.640. The Morgan fingerprint density at radius 2 is 2.44 bits per heavy atom. The number of aromatic nitrogens is 1. The summed E-state index contributed by atoms with van der Waals surface area (Å²) in [5, 5.41) is 0.684. The van der Waals surface area contributed by atoms with Gasteiger partial charge in [0.25, 0.3) is 0 Å². The van der Waals surface area contributed by atoms with E-state index in [1.54, 1.807) is 12.4 Å². The molecule has 1 aliphatic rings. The van der Waals surface area contributed by atoms with Crippen molar-refractivity contribution in [2.45, 2.75) is 44.4 Å². The first-order valence-electron chi connectivity index (χ1n) is 5.66. The van der Waals surface area contributed by atoms with E-state index in [0.29, 0.717) is 11.1 Å². The van der Waals surface area contributed by atoms with Crippen molar-refractivity contribution in [2.75, 3.05) is 0 Å². The van der Waals surface area contributed by atoms with Gasteiger partial charge in [-0.2, -0.15) is 0 Å². The van der Waals surface area contributed by atoms with Gasteiger partial charge in [0, 0.05) is 18.4 Å². The zero-order valence-electron chi connectivity index (χ0n) is 9.40. The second-order valence-corrected chi connectivity index (χ2v) is 4.80. The van der Waals surface area contributed by atoms with E-state index in [1.807, 2.05) is 6.07 Å². The maximum Gasteiger partial charge on any atom is 0.0733 e. The minimum atomic E-state index is 0.0184. The van der Waals surface area contributed by atoms with Crippen LogP contribution in [0.5, 0.6) is 0 Å². The minimum Gasteiger partial charge on any atom is -0.374 e. The fraction of sp³-hybridized carbons (Fsp3) is 0.583. The van der Waals surface area contributed by atoms with Crippen molar-refractivity contribution in [3.8, 4) is 0 Å². The Labute approximate surface area is 101 Å². The summed E-state index contributed by atoms with van der Waals surface area (Å²) in [5.41, 5.74) is 7.19. The fourth-order valence-corrected chi connectivity index (χ4v) is 2.30. The van der Waals surface area contributed by atoms with Crippen LogP contribution in [-0.4, -0.2) is 23.2 Å². The van der Waals surface area contributed by atoms with Crippen LogP contribution in [-0.2, 0) is 11.2 Å². The van der Waals surface area contributed by atoms with Crippen molar-refractivity contribution in [2.24, 2.45) is 5.73 Å². The highest BCUT2D eigenvalue weighted by atomic mass is 35.5. The van der Waals surface area contributed by atoms with Gasteiger partial charge in [-0.25, -0.2) is 0 Å². The maximum absolute atomic E-state index is 6.14. The largest absolute Gasteiger partial charge is 0.374 e. The Bertz CT molecular complexity index is 359. The van der Waals surface area contributed by atoms with Crippen LogP contribution in [0.1, 0.15) is 25.3 Å². The third-order valence-corrected chi connectivity index (χ3v) is 3.39. The topological polar surface area (TPSA) is 48.1 Å². The Kier molecular flexibility index (Phi) is 3.79. The Balaban J connectivity index is 1.97. The third-order valence-electron chi connectivity index (χ3n) is 3.05. The normalized spacial score (nSPS) is 26.9. The van der Waals surface area contributed by atoms with Crippen LogP contribution in [0.2, 0.25) is 5.02 Å². The van der Waals surface area contributed by atoms with E-state index in [4.69, 9.17) is 22.1 Å². The molecule has 3 atom stereocenters. The first-order chi connectivity index (χ1) is 7.66. The number of nitrogens with zero attached hydrogens (tertiary/aromatic N) is 1. The van der Waals surface area contributed by atoms with Gasteiger partial charge in [-0.05, 0) is 37.8 Å². The van der Waals surface area contributed by atoms with Crippen LogP contribution in [0, 0.1) is 0 Å². The van der Waals surface area contributed by atoms with Gasteiger partial charge in [0.2, 0.25) is 0 Å². The van der Waals surface area contributed by atoms with Gasteiger partial charge in [0.15, 0.2) is 0 Å². The van der Waals surface area contributed by atoms with Gasteiger partial charge in [-0.15, -0.1) is 0 Å².